The fraction of sp³-hybridized carbons (Fsp3) is 0.333. The molecule has 5 heteroatoms. The lowest BCUT2D eigenvalue weighted by molar-refractivity contribution is -0.151. The largest absolute Gasteiger partial charge is 0.468 e. The fourth-order valence-electron chi connectivity index (χ4n) is 2.15. The van der Waals surface area contributed by atoms with Crippen LogP contribution < -0.4 is 0 Å². The van der Waals surface area contributed by atoms with E-state index in [2.05, 4.69) is 4.74 Å². The molecule has 1 aromatic rings. The molecule has 4 nitrogen and oxygen atoms in total. The molecule has 1 atom stereocenters. The molecule has 0 spiro atoms. The van der Waals surface area contributed by atoms with E-state index >= 15 is 0 Å². The minimum absolute atomic E-state index is 0.130. The van der Waals surface area contributed by atoms with E-state index in [0.717, 1.165) is 0 Å². The summed E-state index contributed by atoms with van der Waals surface area (Å²) in [6.07, 6.45) is 0.130. The molecule has 1 unspecified atom stereocenters. The van der Waals surface area contributed by atoms with Gasteiger partial charge >= 0.3 is 5.97 Å². The van der Waals surface area contributed by atoms with Crippen LogP contribution in [-0.4, -0.2) is 30.6 Å². The van der Waals surface area contributed by atoms with Gasteiger partial charge in [-0.15, -0.1) is 0 Å². The SMILES string of the molecule is COC(=O)C1(CO)Cc2cc(Cl)ccc2C1=O. The smallest absolute Gasteiger partial charge is 0.322 e. The molecule has 2 rings (SSSR count). The molecular formula is C12H11ClO4. The Kier molecular flexibility index (Phi) is 2.93. The third kappa shape index (κ3) is 1.64. The molecule has 0 aliphatic heterocycles. The van der Waals surface area contributed by atoms with Gasteiger partial charge in [0.2, 0.25) is 0 Å². The van der Waals surface area contributed by atoms with Crippen molar-refractivity contribution < 1.29 is 19.4 Å². The Morgan fingerprint density at radius 1 is 1.59 bits per heavy atom. The van der Waals surface area contributed by atoms with Crippen molar-refractivity contribution in [3.8, 4) is 0 Å². The number of carbonyl (C=O) groups excluding carboxylic acids is 2. The van der Waals surface area contributed by atoms with E-state index < -0.39 is 23.8 Å². The van der Waals surface area contributed by atoms with Crippen LogP contribution in [0.1, 0.15) is 15.9 Å². The predicted molar refractivity (Wildman–Crippen MR) is 61.0 cm³/mol. The van der Waals surface area contributed by atoms with Crippen LogP contribution in [0.2, 0.25) is 5.02 Å². The summed E-state index contributed by atoms with van der Waals surface area (Å²) >= 11 is 5.83. The maximum absolute atomic E-state index is 12.2. The number of fused-ring (bicyclic) bond motifs is 1. The van der Waals surface area contributed by atoms with Crippen molar-refractivity contribution in [2.45, 2.75) is 6.42 Å². The van der Waals surface area contributed by atoms with Crippen LogP contribution in [0.5, 0.6) is 0 Å². The lowest BCUT2D eigenvalue weighted by Gasteiger charge is -2.20. The van der Waals surface area contributed by atoms with Crippen LogP contribution in [0.25, 0.3) is 0 Å². The maximum atomic E-state index is 12.2. The average molecular weight is 255 g/mol. The lowest BCUT2D eigenvalue weighted by atomic mass is 9.85. The number of benzene rings is 1. The number of aliphatic hydroxyl groups is 1. The number of hydrogen-bond donors (Lipinski definition) is 1. The van der Waals surface area contributed by atoms with E-state index in [9.17, 15) is 14.7 Å². The van der Waals surface area contributed by atoms with Gasteiger partial charge in [-0.25, -0.2) is 0 Å². The van der Waals surface area contributed by atoms with Crippen molar-refractivity contribution >= 4 is 23.4 Å². The molecule has 0 bridgehead atoms. The Hall–Kier alpha value is -1.39. The van der Waals surface area contributed by atoms with Gasteiger partial charge in [-0.2, -0.15) is 0 Å². The molecule has 0 aromatic heterocycles. The molecule has 1 aliphatic carbocycles. The highest BCUT2D eigenvalue weighted by atomic mass is 35.5. The molecule has 0 saturated heterocycles. The highest BCUT2D eigenvalue weighted by molar-refractivity contribution is 6.31. The number of halogens is 1. The third-order valence-corrected chi connectivity index (χ3v) is 3.32. The first-order chi connectivity index (χ1) is 8.05. The van der Waals surface area contributed by atoms with Gasteiger partial charge in [0.25, 0.3) is 0 Å². The summed E-state index contributed by atoms with van der Waals surface area (Å²) in [5.74, 6) is -1.11. The zero-order chi connectivity index (χ0) is 12.6. The van der Waals surface area contributed by atoms with Crippen LogP contribution in [0.3, 0.4) is 0 Å². The van der Waals surface area contributed by atoms with Gasteiger partial charge in [0.1, 0.15) is 0 Å². The third-order valence-electron chi connectivity index (χ3n) is 3.08. The van der Waals surface area contributed by atoms with Crippen molar-refractivity contribution in [3.05, 3.63) is 34.3 Å². The molecule has 0 amide bonds. The predicted octanol–water partition coefficient (Wildman–Crippen LogP) is 1.23. The van der Waals surface area contributed by atoms with Gasteiger partial charge in [0, 0.05) is 10.6 Å². The minimum atomic E-state index is -1.50. The van der Waals surface area contributed by atoms with E-state index in [4.69, 9.17) is 11.6 Å². The maximum Gasteiger partial charge on any atom is 0.322 e. The normalized spacial score (nSPS) is 22.4. The Labute approximate surface area is 103 Å². The van der Waals surface area contributed by atoms with E-state index in [1.54, 1.807) is 18.2 Å². The van der Waals surface area contributed by atoms with Crippen LogP contribution in [0.4, 0.5) is 0 Å². The number of ether oxygens (including phenoxy) is 1. The fourth-order valence-corrected chi connectivity index (χ4v) is 2.34. The summed E-state index contributed by atoms with van der Waals surface area (Å²) < 4.78 is 4.61. The second-order valence-corrected chi connectivity index (χ2v) is 4.48. The number of hydrogen-bond acceptors (Lipinski definition) is 4. The molecule has 1 aliphatic rings. The monoisotopic (exact) mass is 254 g/mol. The molecule has 0 fully saturated rings. The molecule has 1 N–H and O–H groups in total. The first-order valence-electron chi connectivity index (χ1n) is 5.07. The zero-order valence-electron chi connectivity index (χ0n) is 9.20. The first-order valence-corrected chi connectivity index (χ1v) is 5.45. The van der Waals surface area contributed by atoms with E-state index in [0.29, 0.717) is 16.1 Å². The summed E-state index contributed by atoms with van der Waals surface area (Å²) in [6.45, 7) is -0.565. The second kappa shape index (κ2) is 4.13. The van der Waals surface area contributed by atoms with E-state index in [1.807, 2.05) is 0 Å². The van der Waals surface area contributed by atoms with E-state index in [1.165, 1.54) is 7.11 Å². The van der Waals surface area contributed by atoms with Gasteiger partial charge in [0.15, 0.2) is 11.2 Å². The highest BCUT2D eigenvalue weighted by Crippen LogP contribution is 2.38. The molecule has 0 heterocycles. The number of rotatable bonds is 2. The molecule has 0 radical (unpaired) electrons. The first kappa shape index (κ1) is 12.1. The summed E-state index contributed by atoms with van der Waals surface area (Å²) in [5, 5.41) is 9.87. The van der Waals surface area contributed by atoms with Crippen LogP contribution >= 0.6 is 11.6 Å². The quantitative estimate of drug-likeness (QED) is 0.637. The van der Waals surface area contributed by atoms with Crippen LogP contribution in [-0.2, 0) is 16.0 Å². The Morgan fingerprint density at radius 3 is 2.88 bits per heavy atom. The zero-order valence-corrected chi connectivity index (χ0v) is 9.95. The van der Waals surface area contributed by atoms with Crippen molar-refractivity contribution in [1.82, 2.24) is 0 Å². The summed E-state index contributed by atoms with van der Waals surface area (Å²) in [4.78, 5) is 23.9. The average Bonchev–Trinajstić information content (AvgIpc) is 2.61. The van der Waals surface area contributed by atoms with Gasteiger partial charge in [-0.1, -0.05) is 11.6 Å². The van der Waals surface area contributed by atoms with Crippen molar-refractivity contribution in [1.29, 1.82) is 0 Å². The number of Topliss-reactive ketones (excluding diaryl/α,β-unsaturated/α-hetero) is 1. The van der Waals surface area contributed by atoms with Crippen molar-refractivity contribution in [2.24, 2.45) is 5.41 Å². The lowest BCUT2D eigenvalue weighted by Crippen LogP contribution is -2.41. The number of methoxy groups -OCH3 is 1. The van der Waals surface area contributed by atoms with E-state index in [-0.39, 0.29) is 6.42 Å². The summed E-state index contributed by atoms with van der Waals surface area (Å²) in [5.41, 5.74) is -0.405. The Bertz CT molecular complexity index is 497. The van der Waals surface area contributed by atoms with Crippen LogP contribution in [0.15, 0.2) is 18.2 Å². The Balaban J connectivity index is 2.51. The standard InChI is InChI=1S/C12H11ClO4/c1-17-11(16)12(6-14)5-7-4-8(13)2-3-9(7)10(12)15/h2-4,14H,5-6H2,1H3. The molecule has 0 saturated carbocycles. The highest BCUT2D eigenvalue weighted by Gasteiger charge is 2.52. The molecule has 17 heavy (non-hydrogen) atoms. The van der Waals surface area contributed by atoms with Gasteiger partial charge < -0.3 is 9.84 Å². The molecule has 90 valence electrons. The number of aliphatic hydroxyl groups excluding tert-OH is 1. The van der Waals surface area contributed by atoms with Crippen LogP contribution in [0, 0.1) is 5.41 Å². The van der Waals surface area contributed by atoms with Crippen molar-refractivity contribution in [3.63, 3.8) is 0 Å². The topological polar surface area (TPSA) is 63.6 Å². The number of carbonyl (C=O) groups is 2. The Morgan fingerprint density at radius 2 is 2.29 bits per heavy atom. The number of esters is 1. The van der Waals surface area contributed by atoms with Gasteiger partial charge in [-0.05, 0) is 30.2 Å². The van der Waals surface area contributed by atoms with Gasteiger partial charge in [-0.3, -0.25) is 9.59 Å². The number of ketones is 1. The van der Waals surface area contributed by atoms with Crippen molar-refractivity contribution in [2.75, 3.05) is 13.7 Å². The minimum Gasteiger partial charge on any atom is -0.468 e. The molecular weight excluding hydrogens is 244 g/mol. The molecule has 1 aromatic carbocycles. The summed E-state index contributed by atoms with van der Waals surface area (Å²) in [7, 11) is 1.20. The summed E-state index contributed by atoms with van der Waals surface area (Å²) in [6, 6.07) is 4.79. The van der Waals surface area contributed by atoms with Gasteiger partial charge in [0.05, 0.1) is 13.7 Å². The second-order valence-electron chi connectivity index (χ2n) is 4.04.